The van der Waals surface area contributed by atoms with Gasteiger partial charge >= 0.3 is 5.97 Å². The molecule has 0 aromatic carbocycles. The fourth-order valence-corrected chi connectivity index (χ4v) is 2.19. The highest BCUT2D eigenvalue weighted by Crippen LogP contribution is 2.28. The zero-order valence-corrected chi connectivity index (χ0v) is 11.4. The molecule has 0 spiro atoms. The van der Waals surface area contributed by atoms with Crippen molar-refractivity contribution in [3.05, 3.63) is 34.2 Å². The highest BCUT2D eigenvalue weighted by atomic mass is 79.9. The van der Waals surface area contributed by atoms with Crippen molar-refractivity contribution in [1.29, 1.82) is 0 Å². The predicted octanol–water partition coefficient (Wildman–Crippen LogP) is 3.09. The molecule has 0 amide bonds. The van der Waals surface area contributed by atoms with Crippen molar-refractivity contribution in [3.8, 4) is 0 Å². The SMILES string of the molecule is CC(C)(C)c1nc2c(Br)cccn2c1C(=O)O. The molecule has 4 nitrogen and oxygen atoms in total. The largest absolute Gasteiger partial charge is 0.477 e. The van der Waals surface area contributed by atoms with E-state index in [1.807, 2.05) is 26.8 Å². The van der Waals surface area contributed by atoms with Crippen molar-refractivity contribution in [2.45, 2.75) is 26.2 Å². The Morgan fingerprint density at radius 1 is 1.47 bits per heavy atom. The molecule has 0 atom stereocenters. The highest BCUT2D eigenvalue weighted by molar-refractivity contribution is 9.10. The van der Waals surface area contributed by atoms with Crippen LogP contribution in [0.5, 0.6) is 0 Å². The maximum absolute atomic E-state index is 11.4. The van der Waals surface area contributed by atoms with Crippen LogP contribution in [0.15, 0.2) is 22.8 Å². The van der Waals surface area contributed by atoms with Gasteiger partial charge in [-0.25, -0.2) is 9.78 Å². The molecule has 1 N–H and O–H groups in total. The molecule has 2 heterocycles. The van der Waals surface area contributed by atoms with Crippen LogP contribution in [0.4, 0.5) is 0 Å². The Hall–Kier alpha value is -1.36. The van der Waals surface area contributed by atoms with Crippen LogP contribution in [0, 0.1) is 0 Å². The number of imidazole rings is 1. The van der Waals surface area contributed by atoms with Gasteiger partial charge in [-0.2, -0.15) is 0 Å². The Bertz CT molecular complexity index is 596. The molecule has 2 aromatic rings. The van der Waals surface area contributed by atoms with Gasteiger partial charge in [-0.05, 0) is 28.1 Å². The van der Waals surface area contributed by atoms with Crippen LogP contribution in [0.2, 0.25) is 0 Å². The quantitative estimate of drug-likeness (QED) is 0.880. The smallest absolute Gasteiger partial charge is 0.354 e. The second kappa shape index (κ2) is 3.84. The monoisotopic (exact) mass is 296 g/mol. The third kappa shape index (κ3) is 1.95. The van der Waals surface area contributed by atoms with Gasteiger partial charge < -0.3 is 5.11 Å². The summed E-state index contributed by atoms with van der Waals surface area (Å²) >= 11 is 3.38. The van der Waals surface area contributed by atoms with E-state index >= 15 is 0 Å². The topological polar surface area (TPSA) is 54.6 Å². The minimum Gasteiger partial charge on any atom is -0.477 e. The molecule has 0 saturated carbocycles. The van der Waals surface area contributed by atoms with Crippen LogP contribution in [-0.2, 0) is 5.41 Å². The minimum atomic E-state index is -0.958. The summed E-state index contributed by atoms with van der Waals surface area (Å²) in [4.78, 5) is 15.8. The van der Waals surface area contributed by atoms with Crippen LogP contribution >= 0.6 is 15.9 Å². The van der Waals surface area contributed by atoms with Crippen LogP contribution in [0.1, 0.15) is 37.0 Å². The normalized spacial score (nSPS) is 12.0. The lowest BCUT2D eigenvalue weighted by Crippen LogP contribution is -2.17. The standard InChI is InChI=1S/C12H13BrN2O2/c1-12(2,3)9-8(11(16)17)15-6-4-5-7(13)10(15)14-9/h4-6H,1-3H3,(H,16,17). The van der Waals surface area contributed by atoms with Gasteiger partial charge in [0, 0.05) is 11.6 Å². The second-order valence-electron chi connectivity index (χ2n) is 4.91. The first-order valence-electron chi connectivity index (χ1n) is 5.22. The summed E-state index contributed by atoms with van der Waals surface area (Å²) in [7, 11) is 0. The number of carboxylic acids is 1. The van der Waals surface area contributed by atoms with Gasteiger partial charge in [-0.15, -0.1) is 0 Å². The van der Waals surface area contributed by atoms with E-state index in [-0.39, 0.29) is 11.1 Å². The Balaban J connectivity index is 2.90. The molecule has 2 rings (SSSR count). The van der Waals surface area contributed by atoms with Gasteiger partial charge in [0.25, 0.3) is 0 Å². The van der Waals surface area contributed by atoms with Gasteiger partial charge in [-0.1, -0.05) is 20.8 Å². The molecule has 0 bridgehead atoms. The van der Waals surface area contributed by atoms with Crippen molar-refractivity contribution in [3.63, 3.8) is 0 Å². The lowest BCUT2D eigenvalue weighted by atomic mass is 9.91. The molecule has 0 aliphatic carbocycles. The number of nitrogens with zero attached hydrogens (tertiary/aromatic N) is 2. The summed E-state index contributed by atoms with van der Waals surface area (Å²) in [6.45, 7) is 5.86. The van der Waals surface area contributed by atoms with Crippen LogP contribution in [0.3, 0.4) is 0 Å². The summed E-state index contributed by atoms with van der Waals surface area (Å²) in [5.41, 5.74) is 1.15. The highest BCUT2D eigenvalue weighted by Gasteiger charge is 2.28. The van der Waals surface area contributed by atoms with Gasteiger partial charge in [-0.3, -0.25) is 4.40 Å². The third-order valence-corrected chi connectivity index (χ3v) is 3.13. The second-order valence-corrected chi connectivity index (χ2v) is 5.77. The van der Waals surface area contributed by atoms with Gasteiger partial charge in [0.05, 0.1) is 10.2 Å². The molecule has 0 radical (unpaired) electrons. The molecule has 0 aliphatic rings. The average molecular weight is 297 g/mol. The maximum Gasteiger partial charge on any atom is 0.354 e. The first-order valence-corrected chi connectivity index (χ1v) is 6.02. The number of hydrogen-bond donors (Lipinski definition) is 1. The summed E-state index contributed by atoms with van der Waals surface area (Å²) < 4.78 is 2.39. The molecule has 0 saturated heterocycles. The van der Waals surface area contributed by atoms with Crippen molar-refractivity contribution in [2.24, 2.45) is 0 Å². The number of aromatic carboxylic acids is 1. The number of aromatic nitrogens is 2. The zero-order chi connectivity index (χ0) is 12.8. The third-order valence-electron chi connectivity index (χ3n) is 2.52. The van der Waals surface area contributed by atoms with Crippen molar-refractivity contribution < 1.29 is 9.90 Å². The fourth-order valence-electron chi connectivity index (χ4n) is 1.76. The van der Waals surface area contributed by atoms with Crippen molar-refractivity contribution in [1.82, 2.24) is 9.38 Å². The fraction of sp³-hybridized carbons (Fsp3) is 0.333. The summed E-state index contributed by atoms with van der Waals surface area (Å²) in [6.07, 6.45) is 1.71. The first-order chi connectivity index (χ1) is 7.82. The molecule has 0 unspecified atom stereocenters. The number of pyridine rings is 1. The van der Waals surface area contributed by atoms with Crippen LogP contribution in [-0.4, -0.2) is 20.5 Å². The Morgan fingerprint density at radius 2 is 2.12 bits per heavy atom. The minimum absolute atomic E-state index is 0.230. The number of hydrogen-bond acceptors (Lipinski definition) is 2. The Labute approximate surface area is 107 Å². The Morgan fingerprint density at radius 3 is 2.65 bits per heavy atom. The van der Waals surface area contributed by atoms with E-state index in [4.69, 9.17) is 0 Å². The van der Waals surface area contributed by atoms with Gasteiger partial charge in [0.15, 0.2) is 11.3 Å². The number of carboxylic acid groups (broad SMARTS) is 1. The molecule has 5 heteroatoms. The lowest BCUT2D eigenvalue weighted by molar-refractivity contribution is 0.0686. The number of fused-ring (bicyclic) bond motifs is 1. The van der Waals surface area contributed by atoms with E-state index in [9.17, 15) is 9.90 Å². The van der Waals surface area contributed by atoms with Crippen molar-refractivity contribution >= 4 is 27.5 Å². The average Bonchev–Trinajstić information content (AvgIpc) is 2.57. The van der Waals surface area contributed by atoms with E-state index < -0.39 is 5.97 Å². The number of carbonyl (C=O) groups is 1. The zero-order valence-electron chi connectivity index (χ0n) is 9.86. The number of rotatable bonds is 1. The van der Waals surface area contributed by atoms with Gasteiger partial charge in [0.1, 0.15) is 0 Å². The molecular weight excluding hydrogens is 284 g/mol. The van der Waals surface area contributed by atoms with E-state index in [1.54, 1.807) is 16.7 Å². The number of halogens is 1. The van der Waals surface area contributed by atoms with E-state index in [0.717, 1.165) is 4.47 Å². The molecular formula is C12H13BrN2O2. The van der Waals surface area contributed by atoms with E-state index in [1.165, 1.54) is 0 Å². The summed E-state index contributed by atoms with van der Waals surface area (Å²) in [5, 5.41) is 9.33. The maximum atomic E-state index is 11.4. The van der Waals surface area contributed by atoms with Gasteiger partial charge in [0.2, 0.25) is 0 Å². The van der Waals surface area contributed by atoms with Crippen molar-refractivity contribution in [2.75, 3.05) is 0 Å². The van der Waals surface area contributed by atoms with Crippen LogP contribution in [0.25, 0.3) is 5.65 Å². The first kappa shape index (κ1) is 12.1. The molecule has 0 fully saturated rings. The van der Waals surface area contributed by atoms with E-state index in [2.05, 4.69) is 20.9 Å². The molecule has 2 aromatic heterocycles. The lowest BCUT2D eigenvalue weighted by Gasteiger charge is -2.16. The summed E-state index contributed by atoms with van der Waals surface area (Å²) in [6, 6.07) is 3.64. The molecule has 0 aliphatic heterocycles. The van der Waals surface area contributed by atoms with E-state index in [0.29, 0.717) is 11.3 Å². The molecule has 17 heavy (non-hydrogen) atoms. The summed E-state index contributed by atoms with van der Waals surface area (Å²) in [5.74, 6) is -0.958. The Kier molecular flexibility index (Phi) is 2.73. The molecule has 90 valence electrons. The van der Waals surface area contributed by atoms with Crippen LogP contribution < -0.4 is 0 Å². The predicted molar refractivity (Wildman–Crippen MR) is 68.6 cm³/mol.